The van der Waals surface area contributed by atoms with Crippen molar-refractivity contribution in [1.82, 2.24) is 10.2 Å². The monoisotopic (exact) mass is 187 g/mol. The average Bonchev–Trinajstić information content (AvgIpc) is 2.30. The van der Waals surface area contributed by atoms with Gasteiger partial charge in [-0.25, -0.2) is 0 Å². The Morgan fingerprint density at radius 3 is 2.58 bits per heavy atom. The van der Waals surface area contributed by atoms with E-state index in [9.17, 15) is 0 Å². The number of rotatable bonds is 3. The molecule has 0 atom stereocenters. The summed E-state index contributed by atoms with van der Waals surface area (Å²) >= 11 is 1.43. The molecule has 0 fully saturated rings. The van der Waals surface area contributed by atoms with Crippen molar-refractivity contribution in [3.63, 3.8) is 0 Å². The van der Waals surface area contributed by atoms with Gasteiger partial charge in [-0.1, -0.05) is 11.3 Å². The Morgan fingerprint density at radius 2 is 2.17 bits per heavy atom. The summed E-state index contributed by atoms with van der Waals surface area (Å²) in [5.41, 5.74) is 5.40. The normalized spacial score (nSPS) is 11.7. The van der Waals surface area contributed by atoms with Crippen molar-refractivity contribution < 1.29 is 4.74 Å². The van der Waals surface area contributed by atoms with E-state index in [1.807, 2.05) is 20.8 Å². The number of nitrogens with zero attached hydrogens (tertiary/aromatic N) is 2. The molecule has 0 aromatic carbocycles. The Labute approximate surface area is 75.8 Å². The molecule has 0 amide bonds. The highest BCUT2D eigenvalue weighted by Crippen LogP contribution is 2.17. The summed E-state index contributed by atoms with van der Waals surface area (Å²) < 4.78 is 5.31. The third-order valence-corrected chi connectivity index (χ3v) is 1.83. The van der Waals surface area contributed by atoms with Crippen LogP contribution in [0.4, 0.5) is 0 Å². The van der Waals surface area contributed by atoms with Gasteiger partial charge in [0.05, 0.1) is 0 Å². The van der Waals surface area contributed by atoms with Crippen molar-refractivity contribution in [3.8, 4) is 5.19 Å². The van der Waals surface area contributed by atoms with Crippen molar-refractivity contribution in [2.75, 3.05) is 6.61 Å². The van der Waals surface area contributed by atoms with Gasteiger partial charge in [-0.2, -0.15) is 0 Å². The number of aromatic nitrogens is 2. The fourth-order valence-electron chi connectivity index (χ4n) is 0.584. The molecule has 0 aliphatic heterocycles. The Hall–Kier alpha value is -0.680. The van der Waals surface area contributed by atoms with E-state index in [2.05, 4.69) is 10.2 Å². The maximum absolute atomic E-state index is 5.72. The van der Waals surface area contributed by atoms with Gasteiger partial charge in [-0.15, -0.1) is 10.2 Å². The van der Waals surface area contributed by atoms with E-state index in [1.54, 1.807) is 0 Å². The summed E-state index contributed by atoms with van der Waals surface area (Å²) in [5, 5.41) is 9.12. The smallest absolute Gasteiger partial charge is 0.294 e. The minimum atomic E-state index is -0.320. The zero-order chi connectivity index (χ0) is 9.19. The van der Waals surface area contributed by atoms with Crippen molar-refractivity contribution in [2.24, 2.45) is 5.73 Å². The Kier molecular flexibility index (Phi) is 2.64. The molecule has 0 aliphatic rings. The fourth-order valence-corrected chi connectivity index (χ4v) is 1.12. The molecule has 2 N–H and O–H groups in total. The third kappa shape index (κ3) is 3.15. The first kappa shape index (κ1) is 9.41. The SMILES string of the molecule is Cc1nnc(OCC(C)(C)N)s1. The second kappa shape index (κ2) is 3.37. The van der Waals surface area contributed by atoms with Crippen LogP contribution < -0.4 is 10.5 Å². The molecule has 4 nitrogen and oxygen atoms in total. The molecule has 5 heteroatoms. The van der Waals surface area contributed by atoms with Crippen LogP contribution in [0.1, 0.15) is 18.9 Å². The van der Waals surface area contributed by atoms with Crippen molar-refractivity contribution in [1.29, 1.82) is 0 Å². The topological polar surface area (TPSA) is 61.0 Å². The summed E-state index contributed by atoms with van der Waals surface area (Å²) in [4.78, 5) is 0. The molecule has 12 heavy (non-hydrogen) atoms. The Morgan fingerprint density at radius 1 is 1.50 bits per heavy atom. The molecule has 0 saturated carbocycles. The van der Waals surface area contributed by atoms with E-state index >= 15 is 0 Å². The largest absolute Gasteiger partial charge is 0.467 e. The first-order chi connectivity index (χ1) is 5.47. The van der Waals surface area contributed by atoms with Gasteiger partial charge in [0.2, 0.25) is 0 Å². The van der Waals surface area contributed by atoms with Crippen molar-refractivity contribution in [3.05, 3.63) is 5.01 Å². The number of aryl methyl sites for hydroxylation is 1. The van der Waals surface area contributed by atoms with E-state index in [0.717, 1.165) is 5.01 Å². The molecule has 0 radical (unpaired) electrons. The predicted molar refractivity (Wildman–Crippen MR) is 48.4 cm³/mol. The van der Waals surface area contributed by atoms with Gasteiger partial charge in [0.25, 0.3) is 5.19 Å². The van der Waals surface area contributed by atoms with E-state index in [4.69, 9.17) is 10.5 Å². The van der Waals surface area contributed by atoms with Gasteiger partial charge >= 0.3 is 0 Å². The summed E-state index contributed by atoms with van der Waals surface area (Å²) in [7, 11) is 0. The molecule has 0 spiro atoms. The van der Waals surface area contributed by atoms with Crippen LogP contribution in [0.2, 0.25) is 0 Å². The predicted octanol–water partition coefficient (Wildman–Crippen LogP) is 0.963. The minimum absolute atomic E-state index is 0.320. The van der Waals surface area contributed by atoms with E-state index in [1.165, 1.54) is 11.3 Å². The van der Waals surface area contributed by atoms with Crippen LogP contribution in [-0.4, -0.2) is 22.3 Å². The second-order valence-electron chi connectivity index (χ2n) is 3.36. The minimum Gasteiger partial charge on any atom is -0.467 e. The number of hydrogen-bond acceptors (Lipinski definition) is 5. The fraction of sp³-hybridized carbons (Fsp3) is 0.714. The summed E-state index contributed by atoms with van der Waals surface area (Å²) in [6, 6.07) is 0. The summed E-state index contributed by atoms with van der Waals surface area (Å²) in [5.74, 6) is 0. The lowest BCUT2D eigenvalue weighted by atomic mass is 10.1. The van der Waals surface area contributed by atoms with Gasteiger partial charge in [0.1, 0.15) is 11.6 Å². The van der Waals surface area contributed by atoms with Crippen LogP contribution in [0.3, 0.4) is 0 Å². The third-order valence-electron chi connectivity index (χ3n) is 1.08. The molecule has 0 aliphatic carbocycles. The zero-order valence-corrected chi connectivity index (χ0v) is 8.31. The van der Waals surface area contributed by atoms with E-state index in [0.29, 0.717) is 11.8 Å². The number of hydrogen-bond donors (Lipinski definition) is 1. The molecule has 1 rings (SSSR count). The number of ether oxygens (including phenoxy) is 1. The molecule has 0 saturated heterocycles. The van der Waals surface area contributed by atoms with Crippen LogP contribution in [0.25, 0.3) is 0 Å². The quantitative estimate of drug-likeness (QED) is 0.765. The Balaban J connectivity index is 2.44. The standard InChI is InChI=1S/C7H13N3OS/c1-5-9-10-6(12-5)11-4-7(2,3)8/h4,8H2,1-3H3. The summed E-state index contributed by atoms with van der Waals surface area (Å²) in [6.45, 7) is 6.15. The van der Waals surface area contributed by atoms with Gasteiger partial charge in [-0.3, -0.25) is 0 Å². The molecule has 0 bridgehead atoms. The highest BCUT2D eigenvalue weighted by atomic mass is 32.1. The molecule has 68 valence electrons. The van der Waals surface area contributed by atoms with Crippen LogP contribution >= 0.6 is 11.3 Å². The molecular formula is C7H13N3OS. The van der Waals surface area contributed by atoms with E-state index in [-0.39, 0.29) is 5.54 Å². The van der Waals surface area contributed by atoms with Gasteiger partial charge in [0.15, 0.2) is 0 Å². The van der Waals surface area contributed by atoms with Crippen LogP contribution in [0.5, 0.6) is 5.19 Å². The first-order valence-electron chi connectivity index (χ1n) is 3.69. The second-order valence-corrected chi connectivity index (χ2v) is 4.51. The summed E-state index contributed by atoms with van der Waals surface area (Å²) in [6.07, 6.45) is 0. The molecule has 1 aromatic rings. The maximum Gasteiger partial charge on any atom is 0.294 e. The van der Waals surface area contributed by atoms with Gasteiger partial charge < -0.3 is 10.5 Å². The highest BCUT2D eigenvalue weighted by Gasteiger charge is 2.12. The van der Waals surface area contributed by atoms with E-state index < -0.39 is 0 Å². The molecule has 1 aromatic heterocycles. The maximum atomic E-state index is 5.72. The molecule has 0 unspecified atom stereocenters. The average molecular weight is 187 g/mol. The van der Waals surface area contributed by atoms with Crippen LogP contribution in [0, 0.1) is 6.92 Å². The zero-order valence-electron chi connectivity index (χ0n) is 7.50. The number of nitrogens with two attached hydrogens (primary N) is 1. The first-order valence-corrected chi connectivity index (χ1v) is 4.51. The lowest BCUT2D eigenvalue weighted by Crippen LogP contribution is -2.38. The van der Waals surface area contributed by atoms with Gasteiger partial charge in [0, 0.05) is 5.54 Å². The molecular weight excluding hydrogens is 174 g/mol. The lowest BCUT2D eigenvalue weighted by Gasteiger charge is -2.16. The van der Waals surface area contributed by atoms with Crippen LogP contribution in [-0.2, 0) is 0 Å². The van der Waals surface area contributed by atoms with Crippen molar-refractivity contribution >= 4 is 11.3 Å². The van der Waals surface area contributed by atoms with Crippen LogP contribution in [0.15, 0.2) is 0 Å². The Bertz CT molecular complexity index is 253. The molecule has 1 heterocycles. The highest BCUT2D eigenvalue weighted by molar-refractivity contribution is 7.12. The van der Waals surface area contributed by atoms with Crippen molar-refractivity contribution in [2.45, 2.75) is 26.3 Å². The van der Waals surface area contributed by atoms with Gasteiger partial charge in [-0.05, 0) is 20.8 Å². The lowest BCUT2D eigenvalue weighted by molar-refractivity contribution is 0.241.